The van der Waals surface area contributed by atoms with Gasteiger partial charge in [0.15, 0.2) is 8.32 Å². The number of ether oxygens (including phenoxy) is 3. The third-order valence-corrected chi connectivity index (χ3v) is 11.0. The molecule has 0 amide bonds. The minimum atomic E-state index is -1.77. The molecule has 1 rings (SSSR count). The number of hydrogen-bond acceptors (Lipinski definition) is 6. The van der Waals surface area contributed by atoms with Crippen molar-refractivity contribution in [2.75, 3.05) is 21.3 Å². The molecule has 1 aromatic rings. The summed E-state index contributed by atoms with van der Waals surface area (Å²) in [5, 5.41) is 0.193. The van der Waals surface area contributed by atoms with Crippen LogP contribution in [0.3, 0.4) is 0 Å². The van der Waals surface area contributed by atoms with Crippen molar-refractivity contribution in [3.05, 3.63) is 29.3 Å². The predicted octanol–water partition coefficient (Wildman–Crippen LogP) is 6.82. The van der Waals surface area contributed by atoms with Crippen LogP contribution in [0.2, 0.25) is 18.1 Å². The Hall–Kier alpha value is -2.12. The maximum Gasteiger partial charge on any atom is 0.342 e. The Morgan fingerprint density at radius 3 is 2.24 bits per heavy atom. The molecule has 0 aliphatic heterocycles. The van der Waals surface area contributed by atoms with E-state index in [9.17, 15) is 9.59 Å². The lowest BCUT2D eigenvalue weighted by atomic mass is 10.0. The zero-order chi connectivity index (χ0) is 25.9. The Bertz CT molecular complexity index is 838. The fraction of sp³-hybridized carbons (Fsp3) is 0.630. The summed E-state index contributed by atoms with van der Waals surface area (Å²) in [6.45, 7) is 13.4. The molecule has 192 valence electrons. The first-order valence-electron chi connectivity index (χ1n) is 12.1. The third kappa shape index (κ3) is 9.26. The van der Waals surface area contributed by atoms with Gasteiger partial charge in [-0.25, -0.2) is 4.79 Å². The first-order chi connectivity index (χ1) is 15.9. The highest BCUT2D eigenvalue weighted by atomic mass is 28.4. The number of ketones is 1. The summed E-state index contributed by atoms with van der Waals surface area (Å²) in [4.78, 5) is 24.5. The van der Waals surface area contributed by atoms with E-state index < -0.39 is 14.3 Å². The zero-order valence-electron chi connectivity index (χ0n) is 22.6. The molecule has 0 heterocycles. The van der Waals surface area contributed by atoms with E-state index in [0.717, 1.165) is 25.7 Å². The van der Waals surface area contributed by atoms with Crippen molar-refractivity contribution in [3.8, 4) is 11.5 Å². The average molecular weight is 493 g/mol. The van der Waals surface area contributed by atoms with Crippen molar-refractivity contribution < 1.29 is 28.2 Å². The van der Waals surface area contributed by atoms with Crippen molar-refractivity contribution in [3.63, 3.8) is 0 Å². The van der Waals surface area contributed by atoms with Gasteiger partial charge in [0.2, 0.25) is 0 Å². The van der Waals surface area contributed by atoms with Crippen LogP contribution in [-0.4, -0.2) is 47.5 Å². The maximum atomic E-state index is 12.3. The molecule has 1 aromatic carbocycles. The highest BCUT2D eigenvalue weighted by Gasteiger charge is 2.38. The summed E-state index contributed by atoms with van der Waals surface area (Å²) in [7, 11) is 2.63. The molecular formula is C27H44O6Si. The van der Waals surface area contributed by atoms with Gasteiger partial charge in [-0.05, 0) is 62.4 Å². The summed E-state index contributed by atoms with van der Waals surface area (Å²) in [5.74, 6) is 0.797. The molecule has 0 radical (unpaired) electrons. The van der Waals surface area contributed by atoms with Gasteiger partial charge in [0.05, 0.1) is 21.3 Å². The highest BCUT2D eigenvalue weighted by molar-refractivity contribution is 6.74. The van der Waals surface area contributed by atoms with Crippen molar-refractivity contribution in [1.82, 2.24) is 0 Å². The Labute approximate surface area is 207 Å². The van der Waals surface area contributed by atoms with Crippen LogP contribution in [-0.2, 0) is 14.0 Å². The number of allylic oxidation sites excluding steroid dienone is 1. The number of Topliss-reactive ketones (excluding diaryl/α,β-unsaturated/α-hetero) is 1. The number of rotatable bonds is 14. The number of methoxy groups -OCH3 is 3. The van der Waals surface area contributed by atoms with Crippen LogP contribution in [0.5, 0.6) is 11.5 Å². The van der Waals surface area contributed by atoms with Crippen LogP contribution in [0.1, 0.15) is 82.1 Å². The fourth-order valence-corrected chi connectivity index (χ4v) is 4.90. The van der Waals surface area contributed by atoms with Gasteiger partial charge < -0.3 is 18.6 Å². The largest absolute Gasteiger partial charge is 0.497 e. The van der Waals surface area contributed by atoms with E-state index in [4.69, 9.17) is 18.6 Å². The van der Waals surface area contributed by atoms with Crippen LogP contribution in [0.25, 0.3) is 6.08 Å². The Balaban J connectivity index is 2.53. The molecule has 0 aromatic heterocycles. The van der Waals surface area contributed by atoms with E-state index >= 15 is 0 Å². The van der Waals surface area contributed by atoms with Crippen LogP contribution in [0.15, 0.2) is 18.2 Å². The number of carbonyl (C=O) groups is 2. The van der Waals surface area contributed by atoms with E-state index in [-0.39, 0.29) is 16.9 Å². The molecule has 0 N–H and O–H groups in total. The van der Waals surface area contributed by atoms with Crippen LogP contribution >= 0.6 is 0 Å². The van der Waals surface area contributed by atoms with Crippen LogP contribution in [0.4, 0.5) is 0 Å². The zero-order valence-corrected chi connectivity index (χ0v) is 23.6. The number of unbranched alkanes of at least 4 members (excludes halogenated alkanes) is 1. The van der Waals surface area contributed by atoms with Crippen molar-refractivity contribution in [1.29, 1.82) is 0 Å². The molecule has 7 heteroatoms. The SMILES string of the molecule is COC(=O)c1c(/C=C/CCCC(=O)CCCC(C)O[Si](C)(C)C(C)(C)C)cc(OC)cc1OC. The molecule has 0 bridgehead atoms. The Kier molecular flexibility index (Phi) is 12.0. The molecule has 1 atom stereocenters. The summed E-state index contributed by atoms with van der Waals surface area (Å²) in [5.41, 5.74) is 1.01. The summed E-state index contributed by atoms with van der Waals surface area (Å²) in [6.07, 6.45) is 8.40. The van der Waals surface area contributed by atoms with Crippen molar-refractivity contribution in [2.24, 2.45) is 0 Å². The minimum Gasteiger partial charge on any atom is -0.497 e. The van der Waals surface area contributed by atoms with E-state index in [0.29, 0.717) is 35.5 Å². The average Bonchev–Trinajstić information content (AvgIpc) is 2.76. The summed E-state index contributed by atoms with van der Waals surface area (Å²) >= 11 is 0. The van der Waals surface area contributed by atoms with Gasteiger partial charge in [-0.2, -0.15) is 0 Å². The standard InChI is InChI=1S/C27H44O6Si/c1-20(33-34(8,9)27(2,3)4)14-13-17-22(28)16-12-10-11-15-21-18-23(30-5)19-24(31-6)25(21)26(29)32-7/h11,15,18-20H,10,12-14,16-17H2,1-9H3/b15-11+. The van der Waals surface area contributed by atoms with E-state index in [2.05, 4.69) is 40.8 Å². The smallest absolute Gasteiger partial charge is 0.342 e. The first-order valence-corrected chi connectivity index (χ1v) is 15.0. The lowest BCUT2D eigenvalue weighted by Gasteiger charge is -2.38. The minimum absolute atomic E-state index is 0.181. The second-order valence-electron chi connectivity index (χ2n) is 10.2. The lowest BCUT2D eigenvalue weighted by molar-refractivity contribution is -0.119. The number of benzene rings is 1. The summed E-state index contributed by atoms with van der Waals surface area (Å²) < 4.78 is 21.9. The van der Waals surface area contributed by atoms with Gasteiger partial charge in [-0.3, -0.25) is 4.79 Å². The van der Waals surface area contributed by atoms with Crippen LogP contribution in [0, 0.1) is 0 Å². The molecule has 0 aliphatic carbocycles. The van der Waals surface area contributed by atoms with E-state index in [1.54, 1.807) is 19.2 Å². The highest BCUT2D eigenvalue weighted by Crippen LogP contribution is 2.37. The van der Waals surface area contributed by atoms with Gasteiger partial charge in [0.1, 0.15) is 22.8 Å². The lowest BCUT2D eigenvalue weighted by Crippen LogP contribution is -2.43. The van der Waals surface area contributed by atoms with Gasteiger partial charge in [-0.1, -0.05) is 32.9 Å². The molecule has 0 saturated heterocycles. The maximum absolute atomic E-state index is 12.3. The second kappa shape index (κ2) is 13.7. The van der Waals surface area contributed by atoms with Gasteiger partial charge in [0, 0.05) is 25.0 Å². The van der Waals surface area contributed by atoms with E-state index in [1.807, 2.05) is 12.2 Å². The van der Waals surface area contributed by atoms with Gasteiger partial charge in [-0.15, -0.1) is 0 Å². The molecular weight excluding hydrogens is 448 g/mol. The topological polar surface area (TPSA) is 71.1 Å². The molecule has 0 aliphatic rings. The quantitative estimate of drug-likeness (QED) is 0.161. The Morgan fingerprint density at radius 2 is 1.68 bits per heavy atom. The molecule has 34 heavy (non-hydrogen) atoms. The Morgan fingerprint density at radius 1 is 1.03 bits per heavy atom. The fourth-order valence-electron chi connectivity index (χ4n) is 3.42. The van der Waals surface area contributed by atoms with Crippen molar-refractivity contribution in [2.45, 2.75) is 90.5 Å². The first kappa shape index (κ1) is 29.9. The normalized spacial score (nSPS) is 13.1. The molecule has 0 saturated carbocycles. The molecule has 1 unspecified atom stereocenters. The monoisotopic (exact) mass is 492 g/mol. The van der Waals surface area contributed by atoms with E-state index in [1.165, 1.54) is 14.2 Å². The van der Waals surface area contributed by atoms with Crippen molar-refractivity contribution >= 4 is 26.1 Å². The van der Waals surface area contributed by atoms with Gasteiger partial charge >= 0.3 is 5.97 Å². The number of esters is 1. The molecule has 6 nitrogen and oxygen atoms in total. The number of hydrogen-bond donors (Lipinski definition) is 0. The molecule has 0 fully saturated rings. The predicted molar refractivity (Wildman–Crippen MR) is 140 cm³/mol. The van der Waals surface area contributed by atoms with Crippen LogP contribution < -0.4 is 9.47 Å². The summed E-state index contributed by atoms with van der Waals surface area (Å²) in [6, 6.07) is 3.42. The van der Waals surface area contributed by atoms with Gasteiger partial charge in [0.25, 0.3) is 0 Å². The molecule has 0 spiro atoms. The number of carbonyl (C=O) groups excluding carboxylic acids is 2. The second-order valence-corrected chi connectivity index (χ2v) is 15.0. The third-order valence-electron chi connectivity index (χ3n) is 6.44.